The first-order valence-electron chi connectivity index (χ1n) is 9.74. The third kappa shape index (κ3) is 6.13. The van der Waals surface area contributed by atoms with Crippen LogP contribution in [0.15, 0.2) is 24.3 Å². The number of hydrogen-bond donors (Lipinski definition) is 3. The van der Waals surface area contributed by atoms with Crippen molar-refractivity contribution < 1.29 is 9.59 Å². The highest BCUT2D eigenvalue weighted by atomic mass is 16.2. The van der Waals surface area contributed by atoms with Crippen LogP contribution in [0.1, 0.15) is 63.7 Å². The van der Waals surface area contributed by atoms with Gasteiger partial charge >= 0.3 is 0 Å². The Morgan fingerprint density at radius 2 is 1.81 bits per heavy atom. The van der Waals surface area contributed by atoms with Crippen LogP contribution < -0.4 is 16.0 Å². The number of carbonyl (C=O) groups is 2. The average molecular weight is 360 g/mol. The number of nitrogens with one attached hydrogen (secondary N) is 3. The molecule has 0 bridgehead atoms. The van der Waals surface area contributed by atoms with Crippen LogP contribution >= 0.6 is 0 Å². The van der Waals surface area contributed by atoms with Gasteiger partial charge in [-0.15, -0.1) is 0 Å². The molecule has 0 aromatic heterocycles. The van der Waals surface area contributed by atoms with Gasteiger partial charge in [-0.05, 0) is 82.3 Å². The van der Waals surface area contributed by atoms with Gasteiger partial charge in [-0.25, -0.2) is 0 Å². The van der Waals surface area contributed by atoms with E-state index in [9.17, 15) is 9.59 Å². The van der Waals surface area contributed by atoms with E-state index in [1.165, 1.54) is 0 Å². The lowest BCUT2D eigenvalue weighted by Crippen LogP contribution is -2.42. The number of carbonyl (C=O) groups excluding carboxylic acids is 2. The fraction of sp³-hybridized carbons (Fsp3) is 0.619. The summed E-state index contributed by atoms with van der Waals surface area (Å²) in [6.45, 7) is 10.3. The molecule has 1 aromatic carbocycles. The zero-order chi connectivity index (χ0) is 19.2. The molecule has 0 aliphatic carbocycles. The Labute approximate surface area is 157 Å². The molecule has 1 atom stereocenters. The van der Waals surface area contributed by atoms with Gasteiger partial charge in [0.05, 0.1) is 0 Å². The lowest BCUT2D eigenvalue weighted by molar-refractivity contribution is -0.117. The predicted molar refractivity (Wildman–Crippen MR) is 106 cm³/mol. The largest absolute Gasteiger partial charge is 0.347 e. The van der Waals surface area contributed by atoms with Gasteiger partial charge in [-0.1, -0.05) is 13.8 Å². The highest BCUT2D eigenvalue weighted by Crippen LogP contribution is 2.24. The zero-order valence-electron chi connectivity index (χ0n) is 16.5. The van der Waals surface area contributed by atoms with Crippen molar-refractivity contribution in [1.82, 2.24) is 10.6 Å². The van der Waals surface area contributed by atoms with Crippen LogP contribution in [-0.4, -0.2) is 30.4 Å². The first-order chi connectivity index (χ1) is 12.3. The second-order valence-electron chi connectivity index (χ2n) is 8.09. The maximum absolute atomic E-state index is 12.3. The lowest BCUT2D eigenvalue weighted by atomic mass is 9.84. The molecule has 0 saturated carbocycles. The van der Waals surface area contributed by atoms with Crippen LogP contribution in [0.5, 0.6) is 0 Å². The summed E-state index contributed by atoms with van der Waals surface area (Å²) in [5.41, 5.74) is 1.11. The molecule has 1 heterocycles. The topological polar surface area (TPSA) is 70.2 Å². The van der Waals surface area contributed by atoms with Gasteiger partial charge in [0.15, 0.2) is 0 Å². The van der Waals surface area contributed by atoms with Gasteiger partial charge < -0.3 is 16.0 Å². The van der Waals surface area contributed by atoms with Crippen molar-refractivity contribution in [2.24, 2.45) is 11.8 Å². The molecular weight excluding hydrogens is 326 g/mol. The fourth-order valence-electron chi connectivity index (χ4n) is 3.26. The molecule has 144 valence electrons. The third-order valence-corrected chi connectivity index (χ3v) is 5.46. The molecule has 26 heavy (non-hydrogen) atoms. The second kappa shape index (κ2) is 9.17. The molecule has 0 spiro atoms. The van der Waals surface area contributed by atoms with Gasteiger partial charge in [0, 0.05) is 23.2 Å². The number of hydrogen-bond acceptors (Lipinski definition) is 3. The van der Waals surface area contributed by atoms with Gasteiger partial charge in [-0.3, -0.25) is 9.59 Å². The van der Waals surface area contributed by atoms with Crippen LogP contribution in [0.4, 0.5) is 5.69 Å². The first-order valence-corrected chi connectivity index (χ1v) is 9.74. The molecule has 1 aliphatic heterocycles. The Kier molecular flexibility index (Phi) is 7.21. The molecule has 2 amide bonds. The number of amides is 2. The maximum Gasteiger partial charge on any atom is 0.251 e. The van der Waals surface area contributed by atoms with E-state index in [0.717, 1.165) is 38.0 Å². The Morgan fingerprint density at radius 1 is 1.19 bits per heavy atom. The molecule has 0 radical (unpaired) electrons. The summed E-state index contributed by atoms with van der Waals surface area (Å²) in [5.74, 6) is 0.961. The molecule has 1 aliphatic rings. The molecule has 1 unspecified atom stereocenters. The SMILES string of the molecule is CCC(C)(C)NC(=O)c1ccc(NC(=O)CC(C)C2CCNCC2)cc1. The minimum atomic E-state index is -0.227. The van der Waals surface area contributed by atoms with Crippen LogP contribution in [0.2, 0.25) is 0 Å². The monoisotopic (exact) mass is 359 g/mol. The van der Waals surface area contributed by atoms with Crippen molar-refractivity contribution in [3.8, 4) is 0 Å². The van der Waals surface area contributed by atoms with Crippen LogP contribution in [0.25, 0.3) is 0 Å². The third-order valence-electron chi connectivity index (χ3n) is 5.46. The average Bonchev–Trinajstić information content (AvgIpc) is 2.62. The molecule has 3 N–H and O–H groups in total. The smallest absolute Gasteiger partial charge is 0.251 e. The van der Waals surface area contributed by atoms with E-state index in [0.29, 0.717) is 23.8 Å². The van der Waals surface area contributed by atoms with Crippen molar-refractivity contribution >= 4 is 17.5 Å². The van der Waals surface area contributed by atoms with Gasteiger partial charge in [0.25, 0.3) is 5.91 Å². The molecule has 1 aromatic rings. The highest BCUT2D eigenvalue weighted by Gasteiger charge is 2.22. The summed E-state index contributed by atoms with van der Waals surface area (Å²) in [4.78, 5) is 24.6. The number of piperidine rings is 1. The van der Waals surface area contributed by atoms with Crippen molar-refractivity contribution in [3.63, 3.8) is 0 Å². The van der Waals surface area contributed by atoms with E-state index < -0.39 is 0 Å². The molecule has 5 nitrogen and oxygen atoms in total. The van der Waals surface area contributed by atoms with Crippen molar-refractivity contribution in [1.29, 1.82) is 0 Å². The summed E-state index contributed by atoms with van der Waals surface area (Å²) >= 11 is 0. The summed E-state index contributed by atoms with van der Waals surface area (Å²) in [6, 6.07) is 7.10. The van der Waals surface area contributed by atoms with E-state index >= 15 is 0 Å². The van der Waals surface area contributed by atoms with E-state index in [2.05, 4.69) is 22.9 Å². The lowest BCUT2D eigenvalue weighted by Gasteiger charge is -2.27. The van der Waals surface area contributed by atoms with Gasteiger partial charge in [0.1, 0.15) is 0 Å². The van der Waals surface area contributed by atoms with E-state index in [4.69, 9.17) is 0 Å². The van der Waals surface area contributed by atoms with Crippen molar-refractivity contribution in [2.45, 2.75) is 58.9 Å². The van der Waals surface area contributed by atoms with Crippen molar-refractivity contribution in [2.75, 3.05) is 18.4 Å². The zero-order valence-corrected chi connectivity index (χ0v) is 16.5. The molecule has 1 saturated heterocycles. The van der Waals surface area contributed by atoms with Crippen molar-refractivity contribution in [3.05, 3.63) is 29.8 Å². The van der Waals surface area contributed by atoms with Crippen LogP contribution in [-0.2, 0) is 4.79 Å². The highest BCUT2D eigenvalue weighted by molar-refractivity contribution is 5.96. The Morgan fingerprint density at radius 3 is 2.38 bits per heavy atom. The van der Waals surface area contributed by atoms with E-state index in [1.54, 1.807) is 24.3 Å². The molecule has 2 rings (SSSR count). The summed E-state index contributed by atoms with van der Waals surface area (Å²) < 4.78 is 0. The maximum atomic E-state index is 12.3. The summed E-state index contributed by atoms with van der Waals surface area (Å²) in [6.07, 6.45) is 3.69. The van der Waals surface area contributed by atoms with Gasteiger partial charge in [0.2, 0.25) is 5.91 Å². The fourth-order valence-corrected chi connectivity index (χ4v) is 3.26. The van der Waals surface area contributed by atoms with E-state index in [1.807, 2.05) is 20.8 Å². The number of anilines is 1. The second-order valence-corrected chi connectivity index (χ2v) is 8.09. The normalized spacial score (nSPS) is 16.8. The Bertz CT molecular complexity index is 604. The van der Waals surface area contributed by atoms with Crippen LogP contribution in [0, 0.1) is 11.8 Å². The molecule has 1 fully saturated rings. The predicted octanol–water partition coefficient (Wildman–Crippen LogP) is 3.57. The van der Waals surface area contributed by atoms with Crippen LogP contribution in [0.3, 0.4) is 0 Å². The Hall–Kier alpha value is -1.88. The summed E-state index contributed by atoms with van der Waals surface area (Å²) in [7, 11) is 0. The van der Waals surface area contributed by atoms with E-state index in [-0.39, 0.29) is 17.4 Å². The minimum absolute atomic E-state index is 0.0420. The minimum Gasteiger partial charge on any atom is -0.347 e. The summed E-state index contributed by atoms with van der Waals surface area (Å²) in [5, 5.41) is 9.33. The number of benzene rings is 1. The van der Waals surface area contributed by atoms with Gasteiger partial charge in [-0.2, -0.15) is 0 Å². The quantitative estimate of drug-likeness (QED) is 0.697. The molecule has 5 heteroatoms. The number of rotatable bonds is 7. The molecular formula is C21H33N3O2. The first kappa shape index (κ1) is 20.4. The Balaban J connectivity index is 1.86. The standard InChI is InChI=1S/C21H33N3O2/c1-5-21(3,4)24-20(26)17-6-8-18(9-7-17)23-19(25)14-15(2)16-10-12-22-13-11-16/h6-9,15-16,22H,5,10-14H2,1-4H3,(H,23,25)(H,24,26).